The van der Waals surface area contributed by atoms with Crippen molar-refractivity contribution in [1.29, 1.82) is 0 Å². The third kappa shape index (κ3) is 3.48. The molecule has 1 aromatic rings. The number of benzene rings is 1. The number of rotatable bonds is 5. The zero-order valence-electron chi connectivity index (χ0n) is 12.1. The number of nitrogens with zero attached hydrogens (tertiary/aromatic N) is 1. The summed E-state index contributed by atoms with van der Waals surface area (Å²) in [6, 6.07) is 7.36. The van der Waals surface area contributed by atoms with Crippen LogP contribution in [0.25, 0.3) is 5.57 Å². The number of carbonyl (C=O) groups is 2. The Morgan fingerprint density at radius 2 is 2.00 bits per heavy atom. The molecule has 0 atom stereocenters. The Hall–Kier alpha value is -1.86. The number of methoxy groups -OCH3 is 1. The largest absolute Gasteiger partial charge is 0.550 e. The maximum atomic E-state index is 12.4. The third-order valence-electron chi connectivity index (χ3n) is 3.25. The minimum Gasteiger partial charge on any atom is -0.550 e. The van der Waals surface area contributed by atoms with Gasteiger partial charge in [0.15, 0.2) is 0 Å². The fourth-order valence-electron chi connectivity index (χ4n) is 2.00. The molecule has 5 nitrogen and oxygen atoms in total. The Kier molecular flexibility index (Phi) is 5.20. The van der Waals surface area contributed by atoms with Crippen molar-refractivity contribution in [1.82, 2.24) is 4.90 Å². The molecule has 0 aliphatic carbocycles. The van der Waals surface area contributed by atoms with Crippen molar-refractivity contribution < 1.29 is 19.4 Å². The summed E-state index contributed by atoms with van der Waals surface area (Å²) in [5.41, 5.74) is 1.69. The zero-order valence-corrected chi connectivity index (χ0v) is 13.8. The summed E-state index contributed by atoms with van der Waals surface area (Å²) in [5, 5.41) is 10.5. The lowest BCUT2D eigenvalue weighted by molar-refractivity contribution is -0.305. The zero-order chi connectivity index (χ0) is 16.3. The number of thioether (sulfide) groups is 1. The lowest BCUT2D eigenvalue weighted by Crippen LogP contribution is -2.33. The van der Waals surface area contributed by atoms with Gasteiger partial charge in [-0.25, -0.2) is 0 Å². The van der Waals surface area contributed by atoms with Gasteiger partial charge in [0.25, 0.3) is 5.91 Å². The van der Waals surface area contributed by atoms with Crippen LogP contribution in [-0.4, -0.2) is 34.8 Å². The highest BCUT2D eigenvalue weighted by Gasteiger charge is 2.33. The van der Waals surface area contributed by atoms with E-state index in [-0.39, 0.29) is 18.9 Å². The van der Waals surface area contributed by atoms with E-state index in [0.29, 0.717) is 9.23 Å². The van der Waals surface area contributed by atoms with E-state index in [1.165, 1.54) is 16.7 Å². The highest BCUT2D eigenvalue weighted by molar-refractivity contribution is 8.26. The minimum atomic E-state index is -1.20. The van der Waals surface area contributed by atoms with Crippen molar-refractivity contribution in [3.05, 3.63) is 34.7 Å². The van der Waals surface area contributed by atoms with Crippen molar-refractivity contribution in [2.24, 2.45) is 0 Å². The standard InChI is InChI=1S/C15H15NO4S2/c1-9(10-3-5-11(20-2)6-4-10)13-14(19)16(15(21)22-13)8-7-12(17)18/h3-6H,7-8H2,1-2H3,(H,17,18)/p-1/b13-9-. The highest BCUT2D eigenvalue weighted by Crippen LogP contribution is 2.36. The minimum absolute atomic E-state index is 0.0341. The predicted molar refractivity (Wildman–Crippen MR) is 87.1 cm³/mol. The summed E-state index contributed by atoms with van der Waals surface area (Å²) in [5.74, 6) is -0.729. The molecular weight excluding hydrogens is 322 g/mol. The summed E-state index contributed by atoms with van der Waals surface area (Å²) >= 11 is 6.35. The molecule has 0 radical (unpaired) electrons. The molecule has 116 valence electrons. The third-order valence-corrected chi connectivity index (χ3v) is 4.80. The van der Waals surface area contributed by atoms with Crippen LogP contribution in [0.1, 0.15) is 18.9 Å². The molecule has 1 saturated heterocycles. The Labute approximate surface area is 137 Å². The molecule has 0 N–H and O–H groups in total. The number of carboxylic acid groups (broad SMARTS) is 1. The van der Waals surface area contributed by atoms with Gasteiger partial charge in [-0.3, -0.25) is 9.69 Å². The van der Waals surface area contributed by atoms with E-state index in [0.717, 1.165) is 16.9 Å². The van der Waals surface area contributed by atoms with E-state index in [4.69, 9.17) is 17.0 Å². The molecule has 0 aromatic heterocycles. The molecule has 1 aliphatic heterocycles. The SMILES string of the molecule is COc1ccc(/C(C)=C2\SC(=S)N(CCC(=O)[O-])C2=O)cc1. The van der Waals surface area contributed by atoms with Crippen LogP contribution in [0.2, 0.25) is 0 Å². The first-order chi connectivity index (χ1) is 10.4. The number of aliphatic carboxylic acids is 1. The molecule has 1 amide bonds. The van der Waals surface area contributed by atoms with Crippen molar-refractivity contribution in [2.75, 3.05) is 13.7 Å². The molecule has 0 saturated carbocycles. The van der Waals surface area contributed by atoms with Gasteiger partial charge in [-0.05, 0) is 30.2 Å². The van der Waals surface area contributed by atoms with Crippen LogP contribution in [-0.2, 0) is 9.59 Å². The molecular formula is C15H14NO4S2-. The number of ether oxygens (including phenoxy) is 1. The molecule has 7 heteroatoms. The van der Waals surface area contributed by atoms with E-state index in [1.54, 1.807) is 7.11 Å². The molecule has 22 heavy (non-hydrogen) atoms. The Morgan fingerprint density at radius 1 is 1.36 bits per heavy atom. The van der Waals surface area contributed by atoms with E-state index in [9.17, 15) is 14.7 Å². The van der Waals surface area contributed by atoms with Crippen LogP contribution >= 0.6 is 24.0 Å². The summed E-state index contributed by atoms with van der Waals surface area (Å²) < 4.78 is 5.47. The molecule has 1 fully saturated rings. The predicted octanol–water partition coefficient (Wildman–Crippen LogP) is 1.43. The highest BCUT2D eigenvalue weighted by atomic mass is 32.2. The smallest absolute Gasteiger partial charge is 0.266 e. The van der Waals surface area contributed by atoms with Gasteiger partial charge in [-0.2, -0.15) is 0 Å². The number of amides is 1. The van der Waals surface area contributed by atoms with Crippen molar-refractivity contribution in [3.63, 3.8) is 0 Å². The van der Waals surface area contributed by atoms with Gasteiger partial charge in [0.05, 0.1) is 12.0 Å². The van der Waals surface area contributed by atoms with Gasteiger partial charge in [-0.1, -0.05) is 36.1 Å². The molecule has 0 unspecified atom stereocenters. The topological polar surface area (TPSA) is 69.7 Å². The molecule has 1 heterocycles. The molecule has 0 spiro atoms. The van der Waals surface area contributed by atoms with Crippen molar-refractivity contribution in [2.45, 2.75) is 13.3 Å². The summed E-state index contributed by atoms with van der Waals surface area (Å²) in [7, 11) is 1.59. The number of thiocarbonyl (C=S) groups is 1. The number of hydrogen-bond acceptors (Lipinski definition) is 6. The van der Waals surface area contributed by atoms with Crippen LogP contribution in [0.4, 0.5) is 0 Å². The van der Waals surface area contributed by atoms with Gasteiger partial charge >= 0.3 is 0 Å². The Balaban J connectivity index is 2.24. The van der Waals surface area contributed by atoms with Gasteiger partial charge in [0, 0.05) is 18.9 Å². The summed E-state index contributed by atoms with van der Waals surface area (Å²) in [4.78, 5) is 24.8. The van der Waals surface area contributed by atoms with E-state index in [1.807, 2.05) is 31.2 Å². The first kappa shape index (κ1) is 16.5. The quantitative estimate of drug-likeness (QED) is 0.598. The van der Waals surface area contributed by atoms with Crippen LogP contribution in [0.3, 0.4) is 0 Å². The molecule has 1 aromatic carbocycles. The second kappa shape index (κ2) is 6.93. The average Bonchev–Trinajstić information content (AvgIpc) is 2.79. The summed E-state index contributed by atoms with van der Waals surface area (Å²) in [6.07, 6.45) is -0.235. The number of hydrogen-bond donors (Lipinski definition) is 0. The number of allylic oxidation sites excluding steroid dienone is 1. The van der Waals surface area contributed by atoms with E-state index in [2.05, 4.69) is 0 Å². The van der Waals surface area contributed by atoms with E-state index >= 15 is 0 Å². The van der Waals surface area contributed by atoms with Gasteiger partial charge < -0.3 is 14.6 Å². The van der Waals surface area contributed by atoms with Crippen LogP contribution in [0.5, 0.6) is 5.75 Å². The van der Waals surface area contributed by atoms with Gasteiger partial charge in [0.2, 0.25) is 0 Å². The average molecular weight is 336 g/mol. The van der Waals surface area contributed by atoms with Crippen LogP contribution in [0.15, 0.2) is 29.2 Å². The van der Waals surface area contributed by atoms with E-state index < -0.39 is 5.97 Å². The molecule has 0 bridgehead atoms. The fourth-order valence-corrected chi connectivity index (χ4v) is 3.35. The number of carbonyl (C=O) groups excluding carboxylic acids is 2. The Morgan fingerprint density at radius 3 is 2.55 bits per heavy atom. The number of carboxylic acids is 1. The first-order valence-corrected chi connectivity index (χ1v) is 7.75. The fraction of sp³-hybridized carbons (Fsp3) is 0.267. The van der Waals surface area contributed by atoms with Gasteiger partial charge in [-0.15, -0.1) is 0 Å². The monoisotopic (exact) mass is 336 g/mol. The van der Waals surface area contributed by atoms with Crippen LogP contribution in [0, 0.1) is 0 Å². The maximum Gasteiger partial charge on any atom is 0.266 e. The van der Waals surface area contributed by atoms with Gasteiger partial charge in [0.1, 0.15) is 10.1 Å². The lowest BCUT2D eigenvalue weighted by atomic mass is 10.1. The normalized spacial score (nSPS) is 16.9. The first-order valence-electron chi connectivity index (χ1n) is 6.53. The molecule has 1 aliphatic rings. The summed E-state index contributed by atoms with van der Waals surface area (Å²) in [6.45, 7) is 1.87. The lowest BCUT2D eigenvalue weighted by Gasteiger charge is -2.14. The Bertz CT molecular complexity index is 652. The maximum absolute atomic E-state index is 12.4. The second-order valence-corrected chi connectivity index (χ2v) is 6.27. The van der Waals surface area contributed by atoms with Crippen LogP contribution < -0.4 is 9.84 Å². The second-order valence-electron chi connectivity index (χ2n) is 4.63. The van der Waals surface area contributed by atoms with Crippen molar-refractivity contribution >= 4 is 45.7 Å². The molecule has 2 rings (SSSR count). The van der Waals surface area contributed by atoms with Crippen molar-refractivity contribution in [3.8, 4) is 5.75 Å².